The Labute approximate surface area is 126 Å². The molecule has 0 unspecified atom stereocenters. The number of hydrogen-bond acceptors (Lipinski definition) is 2. The lowest BCUT2D eigenvalue weighted by molar-refractivity contribution is -0.145. The van der Waals surface area contributed by atoms with Crippen molar-refractivity contribution in [3.63, 3.8) is 0 Å². The molecule has 0 N–H and O–H groups in total. The van der Waals surface area contributed by atoms with Crippen molar-refractivity contribution in [3.05, 3.63) is 34.3 Å². The van der Waals surface area contributed by atoms with Gasteiger partial charge in [-0.05, 0) is 55.7 Å². The first-order valence-corrected chi connectivity index (χ1v) is 7.68. The van der Waals surface area contributed by atoms with Crippen LogP contribution in [0.25, 0.3) is 0 Å². The molecule has 0 atom stereocenters. The molecule has 110 valence electrons. The van der Waals surface area contributed by atoms with E-state index in [1.165, 1.54) is 0 Å². The van der Waals surface area contributed by atoms with Crippen molar-refractivity contribution in [2.45, 2.75) is 51.6 Å². The summed E-state index contributed by atoms with van der Waals surface area (Å²) in [5.74, 6) is 0.853. The Balaban J connectivity index is 2.13. The molecule has 3 heteroatoms. The number of methoxy groups -OCH3 is 1. The van der Waals surface area contributed by atoms with Crippen molar-refractivity contribution >= 4 is 17.4 Å². The Kier molecular flexibility index (Phi) is 4.87. The van der Waals surface area contributed by atoms with E-state index in [1.807, 2.05) is 25.1 Å². The summed E-state index contributed by atoms with van der Waals surface area (Å²) in [5.41, 5.74) is 1.41. The van der Waals surface area contributed by atoms with Crippen LogP contribution >= 0.6 is 11.6 Å². The van der Waals surface area contributed by atoms with Crippen LogP contribution in [0.3, 0.4) is 0 Å². The van der Waals surface area contributed by atoms with E-state index in [0.717, 1.165) is 36.8 Å². The summed E-state index contributed by atoms with van der Waals surface area (Å²) in [6.45, 7) is 4.23. The standard InChI is InChI=1S/C17H23ClO2/c1-12-6-8-17(20-3,9-7-12)16(19)11-14-5-4-13(2)10-15(14)18/h4-5,10,12H,6-9,11H2,1-3H3. The molecule has 1 aliphatic rings. The van der Waals surface area contributed by atoms with Crippen LogP contribution in [0, 0.1) is 12.8 Å². The molecule has 0 amide bonds. The Bertz CT molecular complexity index is 488. The maximum absolute atomic E-state index is 12.7. The predicted molar refractivity (Wildman–Crippen MR) is 82.3 cm³/mol. The molecular weight excluding hydrogens is 272 g/mol. The van der Waals surface area contributed by atoms with E-state index in [1.54, 1.807) is 7.11 Å². The fourth-order valence-corrected chi connectivity index (χ4v) is 3.26. The monoisotopic (exact) mass is 294 g/mol. The van der Waals surface area contributed by atoms with Crippen molar-refractivity contribution in [2.75, 3.05) is 7.11 Å². The summed E-state index contributed by atoms with van der Waals surface area (Å²) >= 11 is 6.23. The van der Waals surface area contributed by atoms with Crippen LogP contribution in [0.5, 0.6) is 0 Å². The van der Waals surface area contributed by atoms with Crippen LogP contribution in [-0.4, -0.2) is 18.5 Å². The molecule has 1 fully saturated rings. The lowest BCUT2D eigenvalue weighted by atomic mass is 9.76. The molecule has 0 bridgehead atoms. The Morgan fingerprint density at radius 3 is 2.60 bits per heavy atom. The van der Waals surface area contributed by atoms with Gasteiger partial charge in [0.25, 0.3) is 0 Å². The fourth-order valence-electron chi connectivity index (χ4n) is 2.96. The van der Waals surface area contributed by atoms with Gasteiger partial charge in [0.05, 0.1) is 0 Å². The van der Waals surface area contributed by atoms with Gasteiger partial charge in [-0.15, -0.1) is 0 Å². The third-order valence-electron chi connectivity index (χ3n) is 4.54. The smallest absolute Gasteiger partial charge is 0.169 e. The molecule has 1 aliphatic carbocycles. The Morgan fingerprint density at radius 2 is 2.05 bits per heavy atom. The summed E-state index contributed by atoms with van der Waals surface area (Å²) < 4.78 is 5.63. The second-order valence-corrected chi connectivity index (χ2v) is 6.48. The normalized spacial score (nSPS) is 26.5. The third-order valence-corrected chi connectivity index (χ3v) is 4.89. The number of Topliss-reactive ketones (excluding diaryl/α,β-unsaturated/α-hetero) is 1. The molecule has 20 heavy (non-hydrogen) atoms. The molecule has 0 saturated heterocycles. The van der Waals surface area contributed by atoms with Crippen molar-refractivity contribution in [3.8, 4) is 0 Å². The van der Waals surface area contributed by atoms with Gasteiger partial charge >= 0.3 is 0 Å². The van der Waals surface area contributed by atoms with Gasteiger partial charge < -0.3 is 4.74 Å². The first kappa shape index (κ1) is 15.5. The number of carbonyl (C=O) groups is 1. The maximum atomic E-state index is 12.7. The number of benzene rings is 1. The van der Waals surface area contributed by atoms with Gasteiger partial charge in [0.15, 0.2) is 5.78 Å². The number of aryl methyl sites for hydroxylation is 1. The van der Waals surface area contributed by atoms with Gasteiger partial charge in [0.1, 0.15) is 5.60 Å². The predicted octanol–water partition coefficient (Wildman–Crippen LogP) is 4.36. The highest BCUT2D eigenvalue weighted by Crippen LogP contribution is 2.36. The van der Waals surface area contributed by atoms with E-state index in [2.05, 4.69) is 6.92 Å². The van der Waals surface area contributed by atoms with Gasteiger partial charge in [0, 0.05) is 18.6 Å². The van der Waals surface area contributed by atoms with Crippen LogP contribution < -0.4 is 0 Å². The van der Waals surface area contributed by atoms with Crippen LogP contribution in [0.2, 0.25) is 5.02 Å². The molecule has 0 aromatic heterocycles. The average molecular weight is 295 g/mol. The first-order valence-electron chi connectivity index (χ1n) is 7.30. The largest absolute Gasteiger partial charge is 0.370 e. The zero-order valence-corrected chi connectivity index (χ0v) is 13.3. The molecule has 2 nitrogen and oxygen atoms in total. The van der Waals surface area contributed by atoms with Crippen molar-refractivity contribution in [1.29, 1.82) is 0 Å². The minimum atomic E-state index is -0.597. The summed E-state index contributed by atoms with van der Waals surface area (Å²) in [5, 5.41) is 0.675. The minimum absolute atomic E-state index is 0.164. The topological polar surface area (TPSA) is 26.3 Å². The SMILES string of the molecule is COC1(C(=O)Cc2ccc(C)cc2Cl)CCC(C)CC1. The van der Waals surface area contributed by atoms with Crippen LogP contribution in [0.4, 0.5) is 0 Å². The first-order chi connectivity index (χ1) is 9.47. The van der Waals surface area contributed by atoms with E-state index in [4.69, 9.17) is 16.3 Å². The van der Waals surface area contributed by atoms with Crippen LogP contribution in [0.1, 0.15) is 43.7 Å². The molecule has 0 spiro atoms. The lowest BCUT2D eigenvalue weighted by Crippen LogP contribution is -2.44. The van der Waals surface area contributed by atoms with Crippen molar-refractivity contribution in [1.82, 2.24) is 0 Å². The molecule has 1 aromatic carbocycles. The van der Waals surface area contributed by atoms with Gasteiger partial charge in [0.2, 0.25) is 0 Å². The zero-order valence-electron chi connectivity index (χ0n) is 12.5. The minimum Gasteiger partial charge on any atom is -0.370 e. The molecule has 0 aliphatic heterocycles. The highest BCUT2D eigenvalue weighted by atomic mass is 35.5. The second kappa shape index (κ2) is 6.28. The number of rotatable bonds is 4. The third kappa shape index (κ3) is 3.24. The Hall–Kier alpha value is -0.860. The van der Waals surface area contributed by atoms with E-state index in [-0.39, 0.29) is 5.78 Å². The summed E-state index contributed by atoms with van der Waals surface area (Å²) in [6.07, 6.45) is 4.13. The molecule has 0 heterocycles. The molecule has 0 radical (unpaired) electrons. The Morgan fingerprint density at radius 1 is 1.40 bits per heavy atom. The number of ether oxygens (including phenoxy) is 1. The van der Waals surface area contributed by atoms with Gasteiger partial charge in [-0.25, -0.2) is 0 Å². The molecular formula is C17H23ClO2. The summed E-state index contributed by atoms with van der Waals surface area (Å²) in [4.78, 5) is 12.7. The van der Waals surface area contributed by atoms with Gasteiger partial charge in [-0.3, -0.25) is 4.79 Å². The fraction of sp³-hybridized carbons (Fsp3) is 0.588. The summed E-state index contributed by atoms with van der Waals surface area (Å²) in [7, 11) is 1.66. The van der Waals surface area contributed by atoms with Gasteiger partial charge in [-0.1, -0.05) is 30.7 Å². The molecule has 1 saturated carbocycles. The van der Waals surface area contributed by atoms with Crippen molar-refractivity contribution in [2.24, 2.45) is 5.92 Å². The average Bonchev–Trinajstić information content (AvgIpc) is 2.43. The molecule has 2 rings (SSSR count). The van der Waals surface area contributed by atoms with E-state index in [0.29, 0.717) is 17.4 Å². The van der Waals surface area contributed by atoms with E-state index >= 15 is 0 Å². The number of hydrogen-bond donors (Lipinski definition) is 0. The highest BCUT2D eigenvalue weighted by Gasteiger charge is 2.40. The number of ketones is 1. The number of halogens is 1. The van der Waals surface area contributed by atoms with E-state index < -0.39 is 5.60 Å². The highest BCUT2D eigenvalue weighted by molar-refractivity contribution is 6.31. The number of carbonyl (C=O) groups excluding carboxylic acids is 1. The maximum Gasteiger partial charge on any atom is 0.169 e. The molecule has 1 aromatic rings. The van der Waals surface area contributed by atoms with E-state index in [9.17, 15) is 4.79 Å². The lowest BCUT2D eigenvalue weighted by Gasteiger charge is -2.37. The quantitative estimate of drug-likeness (QED) is 0.825. The van der Waals surface area contributed by atoms with Crippen molar-refractivity contribution < 1.29 is 9.53 Å². The van der Waals surface area contributed by atoms with Crippen LogP contribution in [0.15, 0.2) is 18.2 Å². The van der Waals surface area contributed by atoms with Gasteiger partial charge in [-0.2, -0.15) is 0 Å². The summed E-state index contributed by atoms with van der Waals surface area (Å²) in [6, 6.07) is 5.86. The second-order valence-electron chi connectivity index (χ2n) is 6.08. The zero-order chi connectivity index (χ0) is 14.8. The van der Waals surface area contributed by atoms with Crippen LogP contribution in [-0.2, 0) is 16.0 Å².